The molecule has 2 rings (SSSR count). The van der Waals surface area contributed by atoms with Crippen molar-refractivity contribution in [3.05, 3.63) is 17.5 Å². The number of hydrogen-bond acceptors (Lipinski definition) is 5. The molecule has 0 spiro atoms. The van der Waals surface area contributed by atoms with Crippen LogP contribution in [0, 0.1) is 0 Å². The minimum Gasteiger partial charge on any atom is -0.355 e. The molecule has 102 valence electrons. The zero-order valence-corrected chi connectivity index (χ0v) is 12.3. The summed E-state index contributed by atoms with van der Waals surface area (Å²) in [5.74, 6) is 1.13. The van der Waals surface area contributed by atoms with E-state index in [0.29, 0.717) is 10.9 Å². The molecule has 0 aliphatic rings. The molecular formula is C12H16N4OS2. The van der Waals surface area contributed by atoms with E-state index in [4.69, 9.17) is 0 Å². The molecule has 7 heteroatoms. The molecule has 0 saturated carbocycles. The van der Waals surface area contributed by atoms with Gasteiger partial charge in [-0.15, -0.1) is 16.4 Å². The predicted molar refractivity (Wildman–Crippen MR) is 78.3 cm³/mol. The molecule has 2 aromatic heterocycles. The van der Waals surface area contributed by atoms with Crippen molar-refractivity contribution >= 4 is 29.0 Å². The summed E-state index contributed by atoms with van der Waals surface area (Å²) in [4.78, 5) is 16.9. The summed E-state index contributed by atoms with van der Waals surface area (Å²) in [6.45, 7) is 2.84. The van der Waals surface area contributed by atoms with Crippen LogP contribution in [0.5, 0.6) is 0 Å². The molecule has 0 aromatic carbocycles. The molecule has 0 unspecified atom stereocenters. The van der Waals surface area contributed by atoms with Gasteiger partial charge in [-0.1, -0.05) is 31.2 Å². The zero-order valence-electron chi connectivity index (χ0n) is 10.7. The van der Waals surface area contributed by atoms with Crippen LogP contribution in [0.1, 0.15) is 19.8 Å². The number of amides is 1. The van der Waals surface area contributed by atoms with E-state index in [1.54, 1.807) is 11.3 Å². The lowest BCUT2D eigenvalue weighted by Gasteiger charge is -2.01. The highest BCUT2D eigenvalue weighted by atomic mass is 32.2. The Hall–Kier alpha value is -1.34. The zero-order chi connectivity index (χ0) is 13.5. The number of unbranched alkanes of at least 4 members (excludes halogenated alkanes) is 1. The Morgan fingerprint density at radius 1 is 1.58 bits per heavy atom. The summed E-state index contributed by atoms with van der Waals surface area (Å²) in [6.07, 6.45) is 2.10. The van der Waals surface area contributed by atoms with Crippen molar-refractivity contribution in [3.8, 4) is 10.7 Å². The van der Waals surface area contributed by atoms with Crippen molar-refractivity contribution in [2.24, 2.45) is 0 Å². The maximum atomic E-state index is 11.5. The van der Waals surface area contributed by atoms with Gasteiger partial charge in [0.2, 0.25) is 11.1 Å². The number of rotatable bonds is 7. The van der Waals surface area contributed by atoms with Crippen molar-refractivity contribution in [1.29, 1.82) is 0 Å². The van der Waals surface area contributed by atoms with Crippen LogP contribution < -0.4 is 5.32 Å². The molecule has 1 amide bonds. The second-order valence-corrected chi connectivity index (χ2v) is 5.83. The summed E-state index contributed by atoms with van der Waals surface area (Å²) in [5, 5.41) is 12.4. The first kappa shape index (κ1) is 14.1. The largest absolute Gasteiger partial charge is 0.355 e. The fraction of sp³-hybridized carbons (Fsp3) is 0.417. The van der Waals surface area contributed by atoms with Crippen LogP contribution in [-0.2, 0) is 4.79 Å². The molecule has 5 nitrogen and oxygen atoms in total. The molecule has 0 radical (unpaired) electrons. The topological polar surface area (TPSA) is 70.7 Å². The maximum Gasteiger partial charge on any atom is 0.230 e. The fourth-order valence-electron chi connectivity index (χ4n) is 1.42. The Morgan fingerprint density at radius 2 is 2.47 bits per heavy atom. The summed E-state index contributed by atoms with van der Waals surface area (Å²) in [5.41, 5.74) is 0. The van der Waals surface area contributed by atoms with E-state index in [1.807, 2.05) is 17.5 Å². The number of thiophene rings is 1. The van der Waals surface area contributed by atoms with Crippen LogP contribution in [0.25, 0.3) is 10.7 Å². The molecule has 0 fully saturated rings. The summed E-state index contributed by atoms with van der Waals surface area (Å²) in [6, 6.07) is 3.95. The van der Waals surface area contributed by atoms with E-state index in [-0.39, 0.29) is 5.91 Å². The highest BCUT2D eigenvalue weighted by Gasteiger charge is 2.09. The lowest BCUT2D eigenvalue weighted by molar-refractivity contribution is -0.118. The minimum absolute atomic E-state index is 0.0286. The molecule has 0 atom stereocenters. The number of thioether (sulfide) groups is 1. The predicted octanol–water partition coefficient (Wildman–Crippen LogP) is 2.54. The summed E-state index contributed by atoms with van der Waals surface area (Å²) >= 11 is 2.95. The van der Waals surface area contributed by atoms with Gasteiger partial charge in [0.25, 0.3) is 0 Å². The van der Waals surface area contributed by atoms with E-state index < -0.39 is 0 Å². The van der Waals surface area contributed by atoms with Gasteiger partial charge in [-0.2, -0.15) is 0 Å². The standard InChI is InChI=1S/C12H16N4OS2/c1-2-3-6-13-10(17)8-19-12-14-11(15-16-12)9-5-4-7-18-9/h4-5,7H,2-3,6,8H2,1H3,(H,13,17)(H,14,15,16). The van der Waals surface area contributed by atoms with Crippen LogP contribution in [0.4, 0.5) is 0 Å². The van der Waals surface area contributed by atoms with Gasteiger partial charge < -0.3 is 5.32 Å². The first-order valence-corrected chi connectivity index (χ1v) is 8.02. The van der Waals surface area contributed by atoms with E-state index >= 15 is 0 Å². The van der Waals surface area contributed by atoms with Gasteiger partial charge in [0.15, 0.2) is 5.82 Å². The Bertz CT molecular complexity index is 510. The Labute approximate surface area is 120 Å². The minimum atomic E-state index is 0.0286. The summed E-state index contributed by atoms with van der Waals surface area (Å²) in [7, 11) is 0. The Kier molecular flexibility index (Phi) is 5.41. The monoisotopic (exact) mass is 296 g/mol. The van der Waals surface area contributed by atoms with Crippen molar-refractivity contribution in [2.75, 3.05) is 12.3 Å². The number of nitrogens with zero attached hydrogens (tertiary/aromatic N) is 2. The highest BCUT2D eigenvalue weighted by Crippen LogP contribution is 2.22. The Morgan fingerprint density at radius 3 is 3.21 bits per heavy atom. The van der Waals surface area contributed by atoms with Gasteiger partial charge >= 0.3 is 0 Å². The quantitative estimate of drug-likeness (QED) is 0.608. The van der Waals surface area contributed by atoms with Crippen LogP contribution in [0.2, 0.25) is 0 Å². The molecule has 0 saturated heterocycles. The van der Waals surface area contributed by atoms with Gasteiger partial charge in [-0.25, -0.2) is 4.98 Å². The molecule has 0 aliphatic heterocycles. The number of carbonyl (C=O) groups is 1. The molecule has 0 bridgehead atoms. The number of aromatic amines is 1. The fourth-order valence-corrected chi connectivity index (χ4v) is 2.71. The third-order valence-electron chi connectivity index (χ3n) is 2.40. The summed E-state index contributed by atoms with van der Waals surface area (Å²) < 4.78 is 0. The smallest absolute Gasteiger partial charge is 0.230 e. The van der Waals surface area contributed by atoms with Gasteiger partial charge in [0.1, 0.15) is 0 Å². The van der Waals surface area contributed by atoms with Crippen molar-refractivity contribution in [3.63, 3.8) is 0 Å². The Balaban J connectivity index is 1.79. The molecule has 2 heterocycles. The second kappa shape index (κ2) is 7.30. The van der Waals surface area contributed by atoms with Crippen molar-refractivity contribution in [1.82, 2.24) is 20.5 Å². The van der Waals surface area contributed by atoms with Gasteiger partial charge in [0, 0.05) is 6.54 Å². The lowest BCUT2D eigenvalue weighted by atomic mass is 10.3. The lowest BCUT2D eigenvalue weighted by Crippen LogP contribution is -2.26. The third-order valence-corrected chi connectivity index (χ3v) is 4.13. The average molecular weight is 296 g/mol. The number of aromatic nitrogens is 3. The normalized spacial score (nSPS) is 10.6. The van der Waals surface area contributed by atoms with E-state index in [2.05, 4.69) is 27.4 Å². The van der Waals surface area contributed by atoms with Crippen molar-refractivity contribution < 1.29 is 4.79 Å². The molecule has 19 heavy (non-hydrogen) atoms. The van der Waals surface area contributed by atoms with Gasteiger partial charge in [-0.3, -0.25) is 9.89 Å². The first-order valence-electron chi connectivity index (χ1n) is 6.15. The van der Waals surface area contributed by atoms with Crippen LogP contribution in [0.3, 0.4) is 0 Å². The van der Waals surface area contributed by atoms with Crippen LogP contribution >= 0.6 is 23.1 Å². The number of H-pyrrole nitrogens is 1. The molecular weight excluding hydrogens is 280 g/mol. The van der Waals surface area contributed by atoms with Gasteiger partial charge in [0.05, 0.1) is 10.6 Å². The number of carbonyl (C=O) groups excluding carboxylic acids is 1. The average Bonchev–Trinajstić information content (AvgIpc) is 3.07. The second-order valence-electron chi connectivity index (χ2n) is 3.94. The molecule has 2 N–H and O–H groups in total. The van der Waals surface area contributed by atoms with Crippen LogP contribution in [0.15, 0.2) is 22.7 Å². The van der Waals surface area contributed by atoms with Gasteiger partial charge in [-0.05, 0) is 17.9 Å². The van der Waals surface area contributed by atoms with E-state index in [0.717, 1.165) is 30.1 Å². The van der Waals surface area contributed by atoms with Crippen LogP contribution in [-0.4, -0.2) is 33.4 Å². The third kappa shape index (κ3) is 4.36. The maximum absolute atomic E-state index is 11.5. The van der Waals surface area contributed by atoms with Crippen molar-refractivity contribution in [2.45, 2.75) is 24.9 Å². The number of nitrogens with one attached hydrogen (secondary N) is 2. The van der Waals surface area contributed by atoms with E-state index in [9.17, 15) is 4.79 Å². The van der Waals surface area contributed by atoms with E-state index in [1.165, 1.54) is 11.8 Å². The highest BCUT2D eigenvalue weighted by molar-refractivity contribution is 7.99. The first-order chi connectivity index (χ1) is 9.29. The number of hydrogen-bond donors (Lipinski definition) is 2. The molecule has 0 aliphatic carbocycles. The molecule has 2 aromatic rings. The SMILES string of the molecule is CCCCNC(=O)CSc1n[nH]c(-c2cccs2)n1.